The molecule has 298 valence electrons. The number of hydrogen-bond donors (Lipinski definition) is 2. The number of hydrogen-bond acceptors (Lipinski definition) is 15. The van der Waals surface area contributed by atoms with E-state index in [0.29, 0.717) is 138 Å². The molecule has 0 aliphatic heterocycles. The van der Waals surface area contributed by atoms with Crippen LogP contribution in [-0.4, -0.2) is 174 Å². The zero-order valence-corrected chi connectivity index (χ0v) is 30.1. The molecule has 0 aliphatic rings. The van der Waals surface area contributed by atoms with Crippen LogP contribution in [0.3, 0.4) is 0 Å². The molecule has 0 heterocycles. The SMILES string of the molecule is O=C(O)CCC(=O)NCCCOCCOCCOCCOCCOCCOCCOCCOCCOCCOCCOC(=O)C(=O)c1ccccc1. The zero-order valence-electron chi connectivity index (χ0n) is 30.1. The van der Waals surface area contributed by atoms with Gasteiger partial charge in [0.25, 0.3) is 5.78 Å². The van der Waals surface area contributed by atoms with Crippen molar-refractivity contribution in [2.24, 2.45) is 0 Å². The number of esters is 1. The minimum absolute atomic E-state index is 0.0117. The third-order valence-corrected chi connectivity index (χ3v) is 6.38. The molecular weight excluding hydrogens is 690 g/mol. The Bertz CT molecular complexity index is 1020. The van der Waals surface area contributed by atoms with Crippen molar-refractivity contribution in [3.8, 4) is 0 Å². The largest absolute Gasteiger partial charge is 0.481 e. The van der Waals surface area contributed by atoms with Crippen LogP contribution in [-0.2, 0) is 66.5 Å². The van der Waals surface area contributed by atoms with Crippen molar-refractivity contribution in [1.82, 2.24) is 5.32 Å². The van der Waals surface area contributed by atoms with E-state index in [4.69, 9.17) is 57.2 Å². The summed E-state index contributed by atoms with van der Waals surface area (Å²) in [5, 5.41) is 11.2. The lowest BCUT2D eigenvalue weighted by atomic mass is 10.1. The van der Waals surface area contributed by atoms with E-state index in [-0.39, 0.29) is 37.5 Å². The van der Waals surface area contributed by atoms with E-state index in [0.717, 1.165) is 0 Å². The van der Waals surface area contributed by atoms with Gasteiger partial charge in [0.05, 0.1) is 132 Å². The Balaban J connectivity index is 1.66. The second-order valence-electron chi connectivity index (χ2n) is 10.6. The molecule has 0 fully saturated rings. The van der Waals surface area contributed by atoms with Crippen LogP contribution in [0.15, 0.2) is 30.3 Å². The Hall–Kier alpha value is -3.10. The van der Waals surface area contributed by atoms with E-state index >= 15 is 0 Å². The first-order chi connectivity index (χ1) is 25.5. The molecule has 1 amide bonds. The highest BCUT2D eigenvalue weighted by atomic mass is 16.6. The average Bonchev–Trinajstić information content (AvgIpc) is 3.15. The minimum Gasteiger partial charge on any atom is -0.481 e. The first-order valence-corrected chi connectivity index (χ1v) is 17.5. The maximum atomic E-state index is 11.9. The number of rotatable bonds is 39. The number of ketones is 1. The smallest absolute Gasteiger partial charge is 0.379 e. The molecule has 0 bridgehead atoms. The lowest BCUT2D eigenvalue weighted by molar-refractivity contribution is -0.140. The second-order valence-corrected chi connectivity index (χ2v) is 10.6. The van der Waals surface area contributed by atoms with Crippen LogP contribution in [0, 0.1) is 0 Å². The van der Waals surface area contributed by atoms with Gasteiger partial charge in [0.15, 0.2) is 0 Å². The minimum atomic E-state index is -0.989. The van der Waals surface area contributed by atoms with Crippen LogP contribution in [0.25, 0.3) is 0 Å². The maximum Gasteiger partial charge on any atom is 0.379 e. The summed E-state index contributed by atoms with van der Waals surface area (Å²) in [4.78, 5) is 45.4. The Morgan fingerprint density at radius 1 is 0.462 bits per heavy atom. The van der Waals surface area contributed by atoms with Crippen LogP contribution >= 0.6 is 0 Å². The predicted molar refractivity (Wildman–Crippen MR) is 184 cm³/mol. The van der Waals surface area contributed by atoms with Crippen LogP contribution in [0.2, 0.25) is 0 Å². The van der Waals surface area contributed by atoms with Gasteiger partial charge < -0.3 is 62.5 Å². The fourth-order valence-corrected chi connectivity index (χ4v) is 3.76. The normalized spacial score (nSPS) is 11.1. The monoisotopic (exact) mass is 747 g/mol. The third kappa shape index (κ3) is 31.6. The van der Waals surface area contributed by atoms with Crippen molar-refractivity contribution in [3.05, 3.63) is 35.9 Å². The number of carbonyl (C=O) groups excluding carboxylic acids is 3. The number of carboxylic acid groups (broad SMARTS) is 1. The predicted octanol–water partition coefficient (Wildman–Crippen LogP) is 0.950. The van der Waals surface area contributed by atoms with E-state index < -0.39 is 17.7 Å². The molecule has 0 saturated heterocycles. The molecule has 0 radical (unpaired) electrons. The van der Waals surface area contributed by atoms with E-state index in [1.165, 1.54) is 0 Å². The number of benzene rings is 1. The summed E-state index contributed by atoms with van der Waals surface area (Å²) >= 11 is 0. The highest BCUT2D eigenvalue weighted by molar-refractivity contribution is 6.40. The van der Waals surface area contributed by atoms with Crippen molar-refractivity contribution in [1.29, 1.82) is 0 Å². The van der Waals surface area contributed by atoms with Gasteiger partial charge in [-0.2, -0.15) is 0 Å². The molecule has 0 aromatic heterocycles. The topological polar surface area (TPSA) is 202 Å². The fourth-order valence-electron chi connectivity index (χ4n) is 3.76. The van der Waals surface area contributed by atoms with Crippen molar-refractivity contribution in [2.45, 2.75) is 19.3 Å². The van der Waals surface area contributed by atoms with Gasteiger partial charge in [0.1, 0.15) is 6.61 Å². The van der Waals surface area contributed by atoms with Crippen LogP contribution in [0.4, 0.5) is 0 Å². The number of carbonyl (C=O) groups is 4. The Morgan fingerprint density at radius 3 is 1.17 bits per heavy atom. The molecule has 17 heteroatoms. The molecule has 0 atom stereocenters. The van der Waals surface area contributed by atoms with Crippen molar-refractivity contribution in [2.75, 3.05) is 145 Å². The van der Waals surface area contributed by atoms with Gasteiger partial charge in [-0.15, -0.1) is 0 Å². The summed E-state index contributed by atoms with van der Waals surface area (Å²) in [6, 6.07) is 8.23. The van der Waals surface area contributed by atoms with Gasteiger partial charge in [0, 0.05) is 25.1 Å². The third-order valence-electron chi connectivity index (χ3n) is 6.38. The molecule has 1 aromatic carbocycles. The van der Waals surface area contributed by atoms with E-state index in [1.54, 1.807) is 30.3 Å². The highest BCUT2D eigenvalue weighted by Crippen LogP contribution is 2.01. The number of ether oxygens (including phenoxy) is 11. The lowest BCUT2D eigenvalue weighted by Gasteiger charge is -2.09. The second kappa shape index (κ2) is 36.3. The number of amides is 1. The molecule has 17 nitrogen and oxygen atoms in total. The van der Waals surface area contributed by atoms with E-state index in [2.05, 4.69) is 5.32 Å². The first kappa shape index (κ1) is 46.9. The van der Waals surface area contributed by atoms with Gasteiger partial charge in [-0.3, -0.25) is 14.4 Å². The first-order valence-electron chi connectivity index (χ1n) is 17.5. The summed E-state index contributed by atoms with van der Waals surface area (Å²) < 4.78 is 59.2. The molecule has 1 aromatic rings. The van der Waals surface area contributed by atoms with Gasteiger partial charge in [0.2, 0.25) is 5.91 Å². The number of Topliss-reactive ketones (excluding diaryl/α,β-unsaturated/α-hetero) is 1. The zero-order chi connectivity index (χ0) is 37.6. The molecular formula is C35H57NO16. The van der Waals surface area contributed by atoms with Gasteiger partial charge in [-0.25, -0.2) is 4.79 Å². The van der Waals surface area contributed by atoms with Crippen LogP contribution in [0.5, 0.6) is 0 Å². The van der Waals surface area contributed by atoms with Crippen LogP contribution < -0.4 is 5.32 Å². The summed E-state index contributed by atoms with van der Waals surface area (Å²) in [6.45, 7) is 8.97. The van der Waals surface area contributed by atoms with Crippen molar-refractivity contribution >= 4 is 23.6 Å². The molecule has 0 aliphatic carbocycles. The highest BCUT2D eigenvalue weighted by Gasteiger charge is 2.17. The van der Waals surface area contributed by atoms with Crippen molar-refractivity contribution < 1.29 is 76.4 Å². The summed E-state index contributed by atoms with van der Waals surface area (Å²) in [5.41, 5.74) is 0.288. The Labute approximate surface area is 305 Å². The Morgan fingerprint density at radius 2 is 0.808 bits per heavy atom. The van der Waals surface area contributed by atoms with Gasteiger partial charge in [-0.1, -0.05) is 30.3 Å². The fraction of sp³-hybridized carbons (Fsp3) is 0.714. The van der Waals surface area contributed by atoms with E-state index in [9.17, 15) is 19.2 Å². The molecule has 0 saturated carbocycles. The van der Waals surface area contributed by atoms with E-state index in [1.807, 2.05) is 0 Å². The number of nitrogens with one attached hydrogen (secondary N) is 1. The molecule has 0 spiro atoms. The summed E-state index contributed by atoms with van der Waals surface area (Å²) in [7, 11) is 0. The lowest BCUT2D eigenvalue weighted by Crippen LogP contribution is -2.25. The van der Waals surface area contributed by atoms with Crippen molar-refractivity contribution in [3.63, 3.8) is 0 Å². The number of carboxylic acids is 1. The van der Waals surface area contributed by atoms with Crippen LogP contribution in [0.1, 0.15) is 29.6 Å². The average molecular weight is 748 g/mol. The quantitative estimate of drug-likeness (QED) is 0.0417. The standard InChI is InChI=1S/C35H57NO16/c37-32(7-8-33(38)39)36-9-4-10-42-11-12-43-13-14-44-15-16-45-17-18-46-19-20-47-21-22-48-23-24-49-25-26-50-27-28-51-29-30-52-35(41)34(40)31-5-2-1-3-6-31/h1-3,5-6H,4,7-30H2,(H,36,37)(H,38,39). The molecule has 52 heavy (non-hydrogen) atoms. The molecule has 0 unspecified atom stereocenters. The van der Waals surface area contributed by atoms with Gasteiger partial charge >= 0.3 is 11.9 Å². The Kier molecular flexibility index (Phi) is 32.7. The maximum absolute atomic E-state index is 11.9. The summed E-state index contributed by atoms with van der Waals surface area (Å²) in [6.07, 6.45) is 0.454. The summed E-state index contributed by atoms with van der Waals surface area (Å²) in [5.74, 6) is -2.85. The molecule has 1 rings (SSSR count). The van der Waals surface area contributed by atoms with Gasteiger partial charge in [-0.05, 0) is 6.42 Å². The molecule has 2 N–H and O–H groups in total. The number of aliphatic carboxylic acids is 1.